The molecule has 1 rings (SSSR count). The summed E-state index contributed by atoms with van der Waals surface area (Å²) in [4.78, 5) is 20.8. The number of carboxylic acid groups (broad SMARTS) is 2. The molecule has 0 aliphatic rings. The van der Waals surface area contributed by atoms with Crippen molar-refractivity contribution < 1.29 is 56.3 Å². The Bertz CT molecular complexity index is 333. The predicted molar refractivity (Wildman–Crippen MR) is 64.6 cm³/mol. The zero-order valence-corrected chi connectivity index (χ0v) is 12.6. The minimum atomic E-state index is -1.13. The summed E-state index contributed by atoms with van der Waals surface area (Å²) < 4.78 is 0. The second-order valence-corrected chi connectivity index (χ2v) is 3.14. The first-order chi connectivity index (χ1) is 7.02. The summed E-state index contributed by atoms with van der Waals surface area (Å²) >= 11 is 3.79. The van der Waals surface area contributed by atoms with Gasteiger partial charge in [-0.2, -0.15) is 12.6 Å². The molecule has 1 aromatic rings. The number of hydrogen-bond donors (Lipinski definition) is 3. The Labute approximate surface area is 128 Å². The monoisotopic (exact) mass is 270 g/mol. The van der Waals surface area contributed by atoms with Crippen LogP contribution >= 0.6 is 12.6 Å². The van der Waals surface area contributed by atoms with Crippen molar-refractivity contribution in [1.29, 1.82) is 0 Å². The van der Waals surface area contributed by atoms with E-state index < -0.39 is 11.9 Å². The van der Waals surface area contributed by atoms with Gasteiger partial charge in [-0.3, -0.25) is 0 Å². The van der Waals surface area contributed by atoms with Crippen molar-refractivity contribution in [2.45, 2.75) is 6.92 Å². The number of thiol groups is 1. The average Bonchev–Trinajstić information content (AvgIpc) is 2.19. The summed E-state index contributed by atoms with van der Waals surface area (Å²) in [7, 11) is 0. The molecule has 0 spiro atoms. The third-order valence-corrected chi connectivity index (χ3v) is 1.36. The van der Waals surface area contributed by atoms with E-state index in [0.717, 1.165) is 11.8 Å². The minimum Gasteiger partial charge on any atom is -1.00 e. The van der Waals surface area contributed by atoms with Crippen LogP contribution in [0, 0.1) is 0 Å². The molecule has 0 radical (unpaired) electrons. The summed E-state index contributed by atoms with van der Waals surface area (Å²) in [5.41, 5.74) is -0.0372. The predicted octanol–water partition coefficient (Wildman–Crippen LogP) is -1.69. The molecule has 0 fully saturated rings. The number of aromatic carboxylic acids is 2. The topological polar surface area (TPSA) is 106 Å². The normalized spacial score (nSPS) is 7.65. The van der Waals surface area contributed by atoms with E-state index in [9.17, 15) is 9.59 Å². The van der Waals surface area contributed by atoms with E-state index in [4.69, 9.17) is 10.2 Å². The molecular formula is C10H15NaO5S. The zero-order chi connectivity index (χ0) is 11.8. The van der Waals surface area contributed by atoms with Crippen molar-refractivity contribution in [3.8, 4) is 0 Å². The first kappa shape index (κ1) is 21.7. The molecule has 0 aromatic heterocycles. The number of hydrogen-bond acceptors (Lipinski definition) is 3. The Morgan fingerprint density at radius 2 is 1.53 bits per heavy atom. The van der Waals surface area contributed by atoms with Gasteiger partial charge in [0.25, 0.3) is 0 Å². The first-order valence-corrected chi connectivity index (χ1v) is 4.83. The Hall–Kier alpha value is -0.530. The van der Waals surface area contributed by atoms with E-state index in [2.05, 4.69) is 12.6 Å². The fraction of sp³-hybridized carbons (Fsp3) is 0.200. The molecule has 0 heterocycles. The molecule has 0 bridgehead atoms. The van der Waals surface area contributed by atoms with E-state index in [1.807, 2.05) is 6.92 Å². The van der Waals surface area contributed by atoms with Crippen LogP contribution in [0.25, 0.3) is 0 Å². The molecular weight excluding hydrogens is 255 g/mol. The summed E-state index contributed by atoms with van der Waals surface area (Å²) in [5.74, 6) is -1.31. The van der Waals surface area contributed by atoms with Gasteiger partial charge in [0, 0.05) is 0 Å². The maximum atomic E-state index is 10.4. The molecule has 4 N–H and O–H groups in total. The van der Waals surface area contributed by atoms with Gasteiger partial charge in [0.2, 0.25) is 0 Å². The molecule has 17 heavy (non-hydrogen) atoms. The van der Waals surface area contributed by atoms with Gasteiger partial charge in [0.1, 0.15) is 0 Å². The smallest absolute Gasteiger partial charge is 1.00 e. The van der Waals surface area contributed by atoms with Crippen LogP contribution in [0.3, 0.4) is 0 Å². The molecule has 0 aliphatic heterocycles. The van der Waals surface area contributed by atoms with Gasteiger partial charge in [0.05, 0.1) is 11.1 Å². The standard InChI is InChI=1S/C8H6O4.C2H6S.Na.H2O.H/c9-7(10)5-2-1-3-6(4-5)8(11)12;1-2-3;;;/h1-4H,(H,9,10)(H,11,12);3H,2H2,1H3;;1H2;/q;;+1;;-1. The number of rotatable bonds is 2. The van der Waals surface area contributed by atoms with E-state index in [-0.39, 0.29) is 47.6 Å². The third-order valence-electron chi connectivity index (χ3n) is 1.36. The van der Waals surface area contributed by atoms with Crippen molar-refractivity contribution in [2.24, 2.45) is 0 Å². The molecule has 0 atom stereocenters. The van der Waals surface area contributed by atoms with Gasteiger partial charge in [-0.1, -0.05) is 13.0 Å². The van der Waals surface area contributed by atoms with Gasteiger partial charge >= 0.3 is 41.5 Å². The minimum absolute atomic E-state index is 0. The quantitative estimate of drug-likeness (QED) is 0.440. The van der Waals surface area contributed by atoms with Crippen molar-refractivity contribution in [3.05, 3.63) is 35.4 Å². The summed E-state index contributed by atoms with van der Waals surface area (Å²) in [5, 5.41) is 17.0. The molecule has 0 saturated heterocycles. The van der Waals surface area contributed by atoms with Crippen molar-refractivity contribution >= 4 is 24.6 Å². The summed E-state index contributed by atoms with van der Waals surface area (Å²) in [6.45, 7) is 1.99. The first-order valence-electron chi connectivity index (χ1n) is 4.20. The van der Waals surface area contributed by atoms with Crippen LogP contribution in [0.15, 0.2) is 24.3 Å². The van der Waals surface area contributed by atoms with Crippen LogP contribution in [-0.4, -0.2) is 33.4 Å². The zero-order valence-electron chi connectivity index (χ0n) is 10.7. The van der Waals surface area contributed by atoms with Gasteiger partial charge in [0.15, 0.2) is 0 Å². The molecule has 92 valence electrons. The average molecular weight is 270 g/mol. The van der Waals surface area contributed by atoms with Crippen LogP contribution in [0.1, 0.15) is 29.1 Å². The molecule has 5 nitrogen and oxygen atoms in total. The van der Waals surface area contributed by atoms with Crippen LogP contribution in [0.4, 0.5) is 0 Å². The van der Waals surface area contributed by atoms with E-state index >= 15 is 0 Å². The Kier molecular flexibility index (Phi) is 15.3. The second-order valence-electron chi connectivity index (χ2n) is 2.51. The van der Waals surface area contributed by atoms with Crippen LogP contribution in [-0.2, 0) is 0 Å². The maximum absolute atomic E-state index is 10.4. The maximum Gasteiger partial charge on any atom is 1.00 e. The van der Waals surface area contributed by atoms with Crippen molar-refractivity contribution in [1.82, 2.24) is 0 Å². The molecule has 0 amide bonds. The second kappa shape index (κ2) is 11.9. The SMILES string of the molecule is CCS.O.O=C(O)c1cccc(C(=O)O)c1.[H-].[Na+]. The van der Waals surface area contributed by atoms with Gasteiger partial charge in [-0.05, 0) is 24.0 Å². The molecule has 0 aliphatic carbocycles. The number of carbonyl (C=O) groups is 2. The fourth-order valence-corrected chi connectivity index (χ4v) is 0.785. The molecule has 0 saturated carbocycles. The van der Waals surface area contributed by atoms with Gasteiger partial charge in [-0.25, -0.2) is 9.59 Å². The number of carboxylic acids is 2. The fourth-order valence-electron chi connectivity index (χ4n) is 0.785. The van der Waals surface area contributed by atoms with Gasteiger partial charge in [-0.15, -0.1) is 0 Å². The van der Waals surface area contributed by atoms with Crippen LogP contribution < -0.4 is 29.6 Å². The summed E-state index contributed by atoms with van der Waals surface area (Å²) in [6, 6.07) is 5.20. The van der Waals surface area contributed by atoms with E-state index in [0.29, 0.717) is 0 Å². The van der Waals surface area contributed by atoms with Gasteiger partial charge < -0.3 is 17.1 Å². The molecule has 7 heteroatoms. The van der Waals surface area contributed by atoms with Crippen molar-refractivity contribution in [2.75, 3.05) is 5.75 Å². The molecule has 1 aromatic carbocycles. The summed E-state index contributed by atoms with van der Waals surface area (Å²) in [6.07, 6.45) is 0. The van der Waals surface area contributed by atoms with E-state index in [1.54, 1.807) is 0 Å². The Balaban J connectivity index is -0.000000149. The van der Waals surface area contributed by atoms with Crippen LogP contribution in [0.5, 0.6) is 0 Å². The Morgan fingerprint density at radius 3 is 1.76 bits per heavy atom. The van der Waals surface area contributed by atoms with Crippen LogP contribution in [0.2, 0.25) is 0 Å². The largest absolute Gasteiger partial charge is 1.00 e. The third kappa shape index (κ3) is 9.20. The van der Waals surface area contributed by atoms with Crippen molar-refractivity contribution in [3.63, 3.8) is 0 Å². The number of benzene rings is 1. The molecule has 0 unspecified atom stereocenters. The van der Waals surface area contributed by atoms with E-state index in [1.165, 1.54) is 18.2 Å². The Morgan fingerprint density at radius 1 is 1.24 bits per heavy atom.